The van der Waals surface area contributed by atoms with E-state index in [-0.39, 0.29) is 17.5 Å². The van der Waals surface area contributed by atoms with E-state index in [1.165, 1.54) is 0 Å². The smallest absolute Gasteiger partial charge is 0.154 e. The first-order valence-electron chi connectivity index (χ1n) is 6.76. The van der Waals surface area contributed by atoms with Crippen LogP contribution >= 0.6 is 0 Å². The molecule has 0 saturated carbocycles. The summed E-state index contributed by atoms with van der Waals surface area (Å²) in [5.41, 5.74) is 0.972. The molecule has 1 aliphatic rings. The lowest BCUT2D eigenvalue weighted by molar-refractivity contribution is 0.167. The normalized spacial score (nSPS) is 24.5. The van der Waals surface area contributed by atoms with Crippen molar-refractivity contribution in [3.05, 3.63) is 29.8 Å². The number of hydrogen-bond acceptors (Lipinski definition) is 6. The highest BCUT2D eigenvalue weighted by atomic mass is 32.2. The molecular formula is C14H20N2O4S. The summed E-state index contributed by atoms with van der Waals surface area (Å²) >= 11 is 0. The van der Waals surface area contributed by atoms with Gasteiger partial charge in [0.15, 0.2) is 9.84 Å². The Morgan fingerprint density at radius 2 is 2.10 bits per heavy atom. The lowest BCUT2D eigenvalue weighted by atomic mass is 10.2. The molecule has 1 saturated heterocycles. The number of aliphatic hydroxyl groups is 1. The van der Waals surface area contributed by atoms with Crippen LogP contribution in [0.5, 0.6) is 5.75 Å². The zero-order valence-electron chi connectivity index (χ0n) is 11.9. The van der Waals surface area contributed by atoms with Gasteiger partial charge >= 0.3 is 0 Å². The SMILES string of the molecule is COc1ccc(C=NCCNC2CS(=O)(=O)CC2O)cc1. The van der Waals surface area contributed by atoms with E-state index in [9.17, 15) is 13.5 Å². The first-order chi connectivity index (χ1) is 10.00. The molecule has 0 aliphatic carbocycles. The van der Waals surface area contributed by atoms with Crippen molar-refractivity contribution in [1.29, 1.82) is 0 Å². The predicted molar refractivity (Wildman–Crippen MR) is 81.9 cm³/mol. The molecule has 0 radical (unpaired) electrons. The first-order valence-corrected chi connectivity index (χ1v) is 8.58. The standard InChI is InChI=1S/C14H20N2O4S/c1-20-12-4-2-11(3-5-12)8-15-6-7-16-13-9-21(18,19)10-14(13)17/h2-5,8,13-14,16-17H,6-7,9-10H2,1H3. The van der Waals surface area contributed by atoms with Gasteiger partial charge in [0.2, 0.25) is 0 Å². The van der Waals surface area contributed by atoms with Crippen molar-refractivity contribution in [3.8, 4) is 5.75 Å². The highest BCUT2D eigenvalue weighted by Gasteiger charge is 2.35. The van der Waals surface area contributed by atoms with Crippen LogP contribution in [0.25, 0.3) is 0 Å². The summed E-state index contributed by atoms with van der Waals surface area (Å²) in [7, 11) is -1.48. The van der Waals surface area contributed by atoms with Crippen molar-refractivity contribution >= 4 is 16.1 Å². The number of nitrogens with one attached hydrogen (secondary N) is 1. The van der Waals surface area contributed by atoms with E-state index in [1.807, 2.05) is 24.3 Å². The zero-order chi connectivity index (χ0) is 15.3. The fraction of sp³-hybridized carbons (Fsp3) is 0.500. The van der Waals surface area contributed by atoms with Crippen LogP contribution in [0.3, 0.4) is 0 Å². The Hall–Kier alpha value is -1.44. The minimum Gasteiger partial charge on any atom is -0.497 e. The average molecular weight is 312 g/mol. The number of methoxy groups -OCH3 is 1. The molecule has 2 atom stereocenters. The Labute approximate surface area is 124 Å². The van der Waals surface area contributed by atoms with Gasteiger partial charge in [-0.1, -0.05) is 0 Å². The Morgan fingerprint density at radius 1 is 1.38 bits per heavy atom. The fourth-order valence-corrected chi connectivity index (χ4v) is 3.97. The van der Waals surface area contributed by atoms with Crippen molar-refractivity contribution in [1.82, 2.24) is 5.32 Å². The number of benzene rings is 1. The summed E-state index contributed by atoms with van der Waals surface area (Å²) in [6, 6.07) is 7.15. The molecule has 0 bridgehead atoms. The minimum absolute atomic E-state index is 0.00361. The van der Waals surface area contributed by atoms with Crippen LogP contribution in [0.2, 0.25) is 0 Å². The van der Waals surface area contributed by atoms with E-state index in [2.05, 4.69) is 10.3 Å². The molecule has 6 nitrogen and oxygen atoms in total. The third-order valence-electron chi connectivity index (χ3n) is 3.33. The van der Waals surface area contributed by atoms with E-state index in [0.717, 1.165) is 11.3 Å². The van der Waals surface area contributed by atoms with Gasteiger partial charge in [0.1, 0.15) is 5.75 Å². The molecule has 1 heterocycles. The van der Waals surface area contributed by atoms with Gasteiger partial charge in [0.05, 0.1) is 31.3 Å². The maximum atomic E-state index is 11.3. The van der Waals surface area contributed by atoms with Crippen molar-refractivity contribution < 1.29 is 18.3 Å². The predicted octanol–water partition coefficient (Wildman–Crippen LogP) is -0.138. The highest BCUT2D eigenvalue weighted by molar-refractivity contribution is 7.91. The Morgan fingerprint density at radius 3 is 2.67 bits per heavy atom. The lowest BCUT2D eigenvalue weighted by Gasteiger charge is -2.13. The summed E-state index contributed by atoms with van der Waals surface area (Å²) in [5, 5.41) is 12.6. The number of hydrogen-bond donors (Lipinski definition) is 2. The number of rotatable bonds is 6. The molecule has 1 aromatic rings. The van der Waals surface area contributed by atoms with Gasteiger partial charge in [-0.05, 0) is 29.8 Å². The molecule has 21 heavy (non-hydrogen) atoms. The van der Waals surface area contributed by atoms with E-state index in [4.69, 9.17) is 4.74 Å². The second-order valence-corrected chi connectivity index (χ2v) is 7.17. The Bertz CT molecular complexity index is 583. The van der Waals surface area contributed by atoms with Crippen LogP contribution in [0.15, 0.2) is 29.3 Å². The number of aliphatic imine (C=N–C) groups is 1. The molecule has 0 amide bonds. The second-order valence-electron chi connectivity index (χ2n) is 5.01. The Kier molecular flexibility index (Phi) is 5.33. The molecule has 0 aromatic heterocycles. The zero-order valence-corrected chi connectivity index (χ0v) is 12.7. The molecule has 1 fully saturated rings. The van der Waals surface area contributed by atoms with Crippen molar-refractivity contribution in [2.75, 3.05) is 31.7 Å². The number of ether oxygens (including phenoxy) is 1. The van der Waals surface area contributed by atoms with Gasteiger partial charge in [0.25, 0.3) is 0 Å². The van der Waals surface area contributed by atoms with Crippen LogP contribution in [0, 0.1) is 0 Å². The molecule has 2 unspecified atom stereocenters. The lowest BCUT2D eigenvalue weighted by Crippen LogP contribution is -2.40. The van der Waals surface area contributed by atoms with E-state index < -0.39 is 15.9 Å². The molecule has 0 spiro atoms. The second kappa shape index (κ2) is 7.02. The van der Waals surface area contributed by atoms with Crippen LogP contribution < -0.4 is 10.1 Å². The number of sulfone groups is 1. The van der Waals surface area contributed by atoms with Gasteiger partial charge in [-0.3, -0.25) is 4.99 Å². The van der Waals surface area contributed by atoms with Crippen molar-refractivity contribution in [3.63, 3.8) is 0 Å². The summed E-state index contributed by atoms with van der Waals surface area (Å²) in [6.45, 7) is 1.05. The molecule has 2 rings (SSSR count). The van der Waals surface area contributed by atoms with Crippen LogP contribution in [0.4, 0.5) is 0 Å². The third-order valence-corrected chi connectivity index (χ3v) is 5.04. The van der Waals surface area contributed by atoms with Gasteiger partial charge in [-0.15, -0.1) is 0 Å². The Balaban J connectivity index is 1.73. The topological polar surface area (TPSA) is 88.0 Å². The average Bonchev–Trinajstić information content (AvgIpc) is 2.72. The van der Waals surface area contributed by atoms with Gasteiger partial charge in [-0.25, -0.2) is 8.42 Å². The molecule has 116 valence electrons. The maximum Gasteiger partial charge on any atom is 0.154 e. The van der Waals surface area contributed by atoms with E-state index in [1.54, 1.807) is 13.3 Å². The highest BCUT2D eigenvalue weighted by Crippen LogP contribution is 2.12. The van der Waals surface area contributed by atoms with Crippen molar-refractivity contribution in [2.24, 2.45) is 4.99 Å². The molecular weight excluding hydrogens is 292 g/mol. The number of nitrogens with zero attached hydrogens (tertiary/aromatic N) is 1. The minimum atomic E-state index is -3.10. The summed E-state index contributed by atoms with van der Waals surface area (Å²) < 4.78 is 27.7. The third kappa shape index (κ3) is 4.80. The van der Waals surface area contributed by atoms with Gasteiger partial charge in [-0.2, -0.15) is 0 Å². The maximum absolute atomic E-state index is 11.3. The molecule has 1 aliphatic heterocycles. The van der Waals surface area contributed by atoms with Gasteiger partial charge in [0, 0.05) is 18.8 Å². The van der Waals surface area contributed by atoms with E-state index >= 15 is 0 Å². The first kappa shape index (κ1) is 15.9. The summed E-state index contributed by atoms with van der Waals surface area (Å²) in [6.07, 6.45) is 0.934. The van der Waals surface area contributed by atoms with Gasteiger partial charge < -0.3 is 15.2 Å². The summed E-state index contributed by atoms with van der Waals surface area (Å²) in [5.74, 6) is 0.640. The molecule has 2 N–H and O–H groups in total. The van der Waals surface area contributed by atoms with Crippen LogP contribution in [-0.2, 0) is 9.84 Å². The number of aliphatic hydroxyl groups excluding tert-OH is 1. The summed E-state index contributed by atoms with van der Waals surface area (Å²) in [4.78, 5) is 4.26. The largest absolute Gasteiger partial charge is 0.497 e. The quantitative estimate of drug-likeness (QED) is 0.564. The van der Waals surface area contributed by atoms with Crippen molar-refractivity contribution in [2.45, 2.75) is 12.1 Å². The van der Waals surface area contributed by atoms with E-state index in [0.29, 0.717) is 13.1 Å². The monoisotopic (exact) mass is 312 g/mol. The molecule has 1 aromatic carbocycles. The van der Waals surface area contributed by atoms with Crippen LogP contribution in [0.1, 0.15) is 5.56 Å². The molecule has 7 heteroatoms. The fourth-order valence-electron chi connectivity index (χ4n) is 2.20. The van der Waals surface area contributed by atoms with Crippen LogP contribution in [-0.4, -0.2) is 63.6 Å².